The third-order valence-electron chi connectivity index (χ3n) is 4.76. The van der Waals surface area contributed by atoms with Crippen molar-refractivity contribution in [1.29, 1.82) is 0 Å². The SMILES string of the molecule is CCC(C=O)(c1ccc(Cl)cc1)N(C(=O)OC(C)(C)C)c1cccc2[nH]ncc12. The Morgan fingerprint density at radius 3 is 2.48 bits per heavy atom. The number of rotatable bonds is 5. The van der Waals surface area contributed by atoms with Crippen LogP contribution in [0.1, 0.15) is 39.7 Å². The van der Waals surface area contributed by atoms with Crippen LogP contribution in [0.3, 0.4) is 0 Å². The average molecular weight is 414 g/mol. The Kier molecular flexibility index (Phi) is 5.66. The molecule has 0 saturated carbocycles. The number of benzene rings is 2. The molecule has 29 heavy (non-hydrogen) atoms. The second-order valence-electron chi connectivity index (χ2n) is 7.83. The number of H-pyrrole nitrogens is 1. The first-order valence-electron chi connectivity index (χ1n) is 9.39. The number of aldehydes is 1. The van der Waals surface area contributed by atoms with Crippen molar-refractivity contribution >= 4 is 40.6 Å². The molecule has 1 unspecified atom stereocenters. The number of hydrogen-bond acceptors (Lipinski definition) is 4. The highest BCUT2D eigenvalue weighted by atomic mass is 35.5. The van der Waals surface area contributed by atoms with Gasteiger partial charge in [-0.05, 0) is 57.0 Å². The van der Waals surface area contributed by atoms with E-state index in [2.05, 4.69) is 10.2 Å². The summed E-state index contributed by atoms with van der Waals surface area (Å²) in [7, 11) is 0. The molecule has 0 bridgehead atoms. The van der Waals surface area contributed by atoms with E-state index in [4.69, 9.17) is 16.3 Å². The van der Waals surface area contributed by atoms with E-state index in [1.807, 2.05) is 13.0 Å². The molecule has 2 aromatic carbocycles. The van der Waals surface area contributed by atoms with Gasteiger partial charge in [-0.25, -0.2) is 4.79 Å². The van der Waals surface area contributed by atoms with E-state index in [9.17, 15) is 9.59 Å². The molecule has 0 aliphatic carbocycles. The Bertz CT molecular complexity index is 1020. The Labute approximate surface area is 174 Å². The summed E-state index contributed by atoms with van der Waals surface area (Å²) in [4.78, 5) is 27.4. The summed E-state index contributed by atoms with van der Waals surface area (Å²) in [5.74, 6) is 0. The van der Waals surface area contributed by atoms with Crippen molar-refractivity contribution in [3.63, 3.8) is 0 Å². The number of aromatic amines is 1. The molecule has 6 nitrogen and oxygen atoms in total. The summed E-state index contributed by atoms with van der Waals surface area (Å²) >= 11 is 6.05. The first-order valence-corrected chi connectivity index (χ1v) is 9.77. The zero-order chi connectivity index (χ0) is 21.2. The van der Waals surface area contributed by atoms with E-state index in [0.29, 0.717) is 28.1 Å². The van der Waals surface area contributed by atoms with E-state index >= 15 is 0 Å². The van der Waals surface area contributed by atoms with Gasteiger partial charge in [0.05, 0.1) is 17.4 Å². The number of ether oxygens (including phenoxy) is 1. The molecule has 0 spiro atoms. The maximum atomic E-state index is 13.4. The number of aromatic nitrogens is 2. The maximum absolute atomic E-state index is 13.4. The summed E-state index contributed by atoms with van der Waals surface area (Å²) in [6.07, 6.45) is 2.15. The predicted molar refractivity (Wildman–Crippen MR) is 114 cm³/mol. The van der Waals surface area contributed by atoms with Crippen molar-refractivity contribution in [2.45, 2.75) is 45.3 Å². The minimum atomic E-state index is -1.28. The molecule has 3 rings (SSSR count). The third-order valence-corrected chi connectivity index (χ3v) is 5.01. The fourth-order valence-electron chi connectivity index (χ4n) is 3.37. The lowest BCUT2D eigenvalue weighted by atomic mass is 9.86. The summed E-state index contributed by atoms with van der Waals surface area (Å²) in [5.41, 5.74) is -0.0799. The summed E-state index contributed by atoms with van der Waals surface area (Å²) in [6.45, 7) is 7.23. The van der Waals surface area contributed by atoms with Crippen LogP contribution in [0.25, 0.3) is 10.9 Å². The van der Waals surface area contributed by atoms with Gasteiger partial charge in [0.2, 0.25) is 0 Å². The molecule has 0 fully saturated rings. The van der Waals surface area contributed by atoms with Gasteiger partial charge in [-0.2, -0.15) is 5.10 Å². The van der Waals surface area contributed by atoms with E-state index in [1.54, 1.807) is 63.4 Å². The van der Waals surface area contributed by atoms with Crippen molar-refractivity contribution in [2.24, 2.45) is 0 Å². The van der Waals surface area contributed by atoms with Crippen LogP contribution in [-0.2, 0) is 15.1 Å². The van der Waals surface area contributed by atoms with Gasteiger partial charge in [-0.15, -0.1) is 0 Å². The summed E-state index contributed by atoms with van der Waals surface area (Å²) in [6, 6.07) is 12.4. The van der Waals surface area contributed by atoms with E-state index < -0.39 is 17.2 Å². The molecule has 1 amide bonds. The molecule has 1 heterocycles. The van der Waals surface area contributed by atoms with Crippen molar-refractivity contribution in [2.75, 3.05) is 4.90 Å². The predicted octanol–water partition coefficient (Wildman–Crippen LogP) is 5.46. The maximum Gasteiger partial charge on any atom is 0.415 e. The Morgan fingerprint density at radius 2 is 1.90 bits per heavy atom. The minimum Gasteiger partial charge on any atom is -0.443 e. The Morgan fingerprint density at radius 1 is 1.21 bits per heavy atom. The van der Waals surface area contributed by atoms with E-state index in [1.165, 1.54) is 4.90 Å². The van der Waals surface area contributed by atoms with Gasteiger partial charge < -0.3 is 9.53 Å². The number of hydrogen-bond donors (Lipinski definition) is 1. The quantitative estimate of drug-likeness (QED) is 0.563. The smallest absolute Gasteiger partial charge is 0.415 e. The van der Waals surface area contributed by atoms with Crippen LogP contribution in [0.5, 0.6) is 0 Å². The van der Waals surface area contributed by atoms with Crippen LogP contribution in [0, 0.1) is 0 Å². The first kappa shape index (κ1) is 20.9. The van der Waals surface area contributed by atoms with Crippen molar-refractivity contribution < 1.29 is 14.3 Å². The van der Waals surface area contributed by atoms with Gasteiger partial charge >= 0.3 is 6.09 Å². The van der Waals surface area contributed by atoms with Crippen LogP contribution >= 0.6 is 11.6 Å². The monoisotopic (exact) mass is 413 g/mol. The zero-order valence-electron chi connectivity index (χ0n) is 16.9. The van der Waals surface area contributed by atoms with Gasteiger partial charge in [0.1, 0.15) is 11.1 Å². The lowest BCUT2D eigenvalue weighted by molar-refractivity contribution is -0.112. The zero-order valence-corrected chi connectivity index (χ0v) is 17.7. The summed E-state index contributed by atoms with van der Waals surface area (Å²) < 4.78 is 5.71. The van der Waals surface area contributed by atoms with Crippen LogP contribution in [0.15, 0.2) is 48.7 Å². The molecule has 0 radical (unpaired) electrons. The standard InChI is InChI=1S/C22H24ClN3O3/c1-5-22(14-27,15-9-11-16(23)12-10-15)26(20(28)29-21(2,3)4)19-8-6-7-18-17(19)13-24-25-18/h6-14H,5H2,1-4H3,(H,24,25). The van der Waals surface area contributed by atoms with Crippen molar-refractivity contribution in [1.82, 2.24) is 10.2 Å². The first-order chi connectivity index (χ1) is 13.7. The molecule has 1 aromatic heterocycles. The summed E-state index contributed by atoms with van der Waals surface area (Å²) in [5, 5.41) is 8.25. The third kappa shape index (κ3) is 3.98. The van der Waals surface area contributed by atoms with Crippen LogP contribution < -0.4 is 4.90 Å². The number of amides is 1. The van der Waals surface area contributed by atoms with Crippen LogP contribution in [0.2, 0.25) is 5.02 Å². The molecule has 1 atom stereocenters. The number of halogens is 1. The Hall–Kier alpha value is -2.86. The second-order valence-corrected chi connectivity index (χ2v) is 8.26. The van der Waals surface area contributed by atoms with Crippen LogP contribution in [0.4, 0.5) is 10.5 Å². The average Bonchev–Trinajstić information content (AvgIpc) is 3.15. The molecule has 3 aromatic rings. The number of fused-ring (bicyclic) bond motifs is 1. The van der Waals surface area contributed by atoms with Gasteiger partial charge in [0, 0.05) is 10.4 Å². The second kappa shape index (κ2) is 7.87. The fraction of sp³-hybridized carbons (Fsp3) is 0.318. The largest absolute Gasteiger partial charge is 0.443 e. The molecular formula is C22H24ClN3O3. The molecule has 152 valence electrons. The van der Waals surface area contributed by atoms with Gasteiger partial charge in [-0.1, -0.05) is 36.7 Å². The molecule has 0 aliphatic heterocycles. The number of nitrogens with zero attached hydrogens (tertiary/aromatic N) is 2. The Balaban J connectivity index is 2.27. The molecule has 7 heteroatoms. The van der Waals surface area contributed by atoms with Gasteiger partial charge in [0.15, 0.2) is 6.29 Å². The van der Waals surface area contributed by atoms with Crippen molar-refractivity contribution in [3.8, 4) is 0 Å². The lowest BCUT2D eigenvalue weighted by Gasteiger charge is -2.40. The van der Waals surface area contributed by atoms with Crippen LogP contribution in [-0.4, -0.2) is 28.2 Å². The topological polar surface area (TPSA) is 75.3 Å². The van der Waals surface area contributed by atoms with E-state index in [0.717, 1.165) is 11.8 Å². The number of anilines is 1. The molecule has 0 saturated heterocycles. The molecule has 0 aliphatic rings. The highest BCUT2D eigenvalue weighted by molar-refractivity contribution is 6.30. The van der Waals surface area contributed by atoms with E-state index in [-0.39, 0.29) is 0 Å². The van der Waals surface area contributed by atoms with Gasteiger partial charge in [0.25, 0.3) is 0 Å². The number of carbonyl (C=O) groups is 2. The number of nitrogens with one attached hydrogen (secondary N) is 1. The lowest BCUT2D eigenvalue weighted by Crippen LogP contribution is -2.52. The van der Waals surface area contributed by atoms with Gasteiger partial charge in [-0.3, -0.25) is 10.00 Å². The molecule has 1 N–H and O–H groups in total. The minimum absolute atomic E-state index is 0.339. The fourth-order valence-corrected chi connectivity index (χ4v) is 3.49. The highest BCUT2D eigenvalue weighted by Gasteiger charge is 2.43. The number of carbonyl (C=O) groups excluding carboxylic acids is 2. The normalized spacial score (nSPS) is 13.7. The highest BCUT2D eigenvalue weighted by Crippen LogP contribution is 2.39. The van der Waals surface area contributed by atoms with Crippen molar-refractivity contribution in [3.05, 3.63) is 59.2 Å². The molecular weight excluding hydrogens is 390 g/mol.